The Bertz CT molecular complexity index is 1460. The lowest BCUT2D eigenvalue weighted by molar-refractivity contribution is -0.120. The minimum absolute atomic E-state index is 0.0309. The van der Waals surface area contributed by atoms with Gasteiger partial charge < -0.3 is 15.7 Å². The summed E-state index contributed by atoms with van der Waals surface area (Å²) in [6.07, 6.45) is 0. The predicted molar refractivity (Wildman–Crippen MR) is 137 cm³/mol. The normalized spacial score (nSPS) is 12.1. The molecule has 1 aromatic heterocycles. The highest BCUT2D eigenvalue weighted by Crippen LogP contribution is 2.24. The van der Waals surface area contributed by atoms with Crippen LogP contribution in [0.4, 0.5) is 5.69 Å². The number of hydrogen-bond acceptors (Lipinski definition) is 5. The number of anilines is 1. The first-order chi connectivity index (χ1) is 17.2. The van der Waals surface area contributed by atoms with Gasteiger partial charge in [-0.05, 0) is 41.3 Å². The van der Waals surface area contributed by atoms with Gasteiger partial charge in [0, 0.05) is 17.1 Å². The van der Waals surface area contributed by atoms with E-state index < -0.39 is 23.3 Å². The third-order valence-corrected chi connectivity index (χ3v) is 5.81. The van der Waals surface area contributed by atoms with Crippen LogP contribution < -0.4 is 10.6 Å². The minimum Gasteiger partial charge on any atom is -0.508 e. The van der Waals surface area contributed by atoms with Gasteiger partial charge in [0.2, 0.25) is 5.91 Å². The number of carbonyl (C=O) groups excluding carboxylic acids is 2. The first-order valence-corrected chi connectivity index (χ1v) is 11.5. The Kier molecular flexibility index (Phi) is 6.75. The van der Waals surface area contributed by atoms with E-state index in [1.54, 1.807) is 28.9 Å². The van der Waals surface area contributed by atoms with Crippen LogP contribution in [0.1, 0.15) is 42.4 Å². The fraction of sp³-hybridized carbons (Fsp3) is 0.214. The molecule has 8 heteroatoms. The van der Waals surface area contributed by atoms with Crippen molar-refractivity contribution in [3.05, 3.63) is 89.6 Å². The molecule has 36 heavy (non-hydrogen) atoms. The smallest absolute Gasteiger partial charge is 0.273 e. The Morgan fingerprint density at radius 1 is 1.06 bits per heavy atom. The molecule has 3 N–H and O–H groups in total. The van der Waals surface area contributed by atoms with Crippen LogP contribution in [0.25, 0.3) is 10.9 Å². The average molecular weight is 482 g/mol. The molecule has 0 spiro atoms. The highest BCUT2D eigenvalue weighted by atomic mass is 16.3. The van der Waals surface area contributed by atoms with E-state index in [1.807, 2.05) is 57.2 Å². The number of benzene rings is 3. The van der Waals surface area contributed by atoms with Crippen LogP contribution in [0.3, 0.4) is 0 Å². The van der Waals surface area contributed by atoms with Gasteiger partial charge in [-0.2, -0.15) is 10.4 Å². The lowest BCUT2D eigenvalue weighted by Gasteiger charge is -2.30. The quantitative estimate of drug-likeness (QED) is 0.376. The van der Waals surface area contributed by atoms with E-state index in [1.165, 1.54) is 12.1 Å². The third-order valence-electron chi connectivity index (χ3n) is 5.81. The van der Waals surface area contributed by atoms with E-state index in [0.29, 0.717) is 23.2 Å². The summed E-state index contributed by atoms with van der Waals surface area (Å²) < 4.78 is 1.74. The monoisotopic (exact) mass is 481 g/mol. The summed E-state index contributed by atoms with van der Waals surface area (Å²) in [7, 11) is 0. The third kappa shape index (κ3) is 5.36. The summed E-state index contributed by atoms with van der Waals surface area (Å²) in [5.41, 5.74) is 2.34. The van der Waals surface area contributed by atoms with Crippen molar-refractivity contribution in [2.24, 2.45) is 5.41 Å². The van der Waals surface area contributed by atoms with Crippen LogP contribution in [-0.4, -0.2) is 32.7 Å². The maximum atomic E-state index is 13.4. The molecule has 4 rings (SSSR count). The van der Waals surface area contributed by atoms with E-state index in [2.05, 4.69) is 21.8 Å². The highest BCUT2D eigenvalue weighted by molar-refractivity contribution is 6.07. The lowest BCUT2D eigenvalue weighted by Crippen LogP contribution is -2.51. The summed E-state index contributed by atoms with van der Waals surface area (Å²) in [5.74, 6) is -0.832. The molecule has 0 fully saturated rings. The Balaban J connectivity index is 1.61. The molecule has 2 amide bonds. The van der Waals surface area contributed by atoms with Gasteiger partial charge in [0.15, 0.2) is 5.69 Å². The predicted octanol–water partition coefficient (Wildman–Crippen LogP) is 4.45. The summed E-state index contributed by atoms with van der Waals surface area (Å²) in [6, 6.07) is 22.1. The molecular formula is C28H27N5O3. The molecule has 0 aliphatic rings. The van der Waals surface area contributed by atoms with Gasteiger partial charge in [0.25, 0.3) is 5.91 Å². The fourth-order valence-electron chi connectivity index (χ4n) is 3.95. The summed E-state index contributed by atoms with van der Waals surface area (Å²) >= 11 is 0. The van der Waals surface area contributed by atoms with Crippen LogP contribution in [0.2, 0.25) is 0 Å². The van der Waals surface area contributed by atoms with Crippen LogP contribution in [0, 0.1) is 16.7 Å². The number of hydrogen-bond donors (Lipinski definition) is 3. The Morgan fingerprint density at radius 2 is 1.78 bits per heavy atom. The standard InChI is InChI=1S/C28H27N5O3/c1-28(2,3)25(27(36)30-20-7-6-8-21(34)15-20)31-26(35)24-22-9-4-5-10-23(22)33(32-24)17-19-13-11-18(16-29)12-14-19/h4-15,25,34H,17H2,1-3H3,(H,30,36)(H,31,35)/t25-/m1/s1. The van der Waals surface area contributed by atoms with Crippen molar-refractivity contribution in [2.75, 3.05) is 5.32 Å². The zero-order valence-corrected chi connectivity index (χ0v) is 20.3. The molecule has 0 aliphatic heterocycles. The maximum Gasteiger partial charge on any atom is 0.273 e. The minimum atomic E-state index is -0.866. The molecule has 1 atom stereocenters. The van der Waals surface area contributed by atoms with Crippen LogP contribution in [-0.2, 0) is 11.3 Å². The number of amides is 2. The zero-order valence-electron chi connectivity index (χ0n) is 20.3. The molecule has 0 saturated heterocycles. The van der Waals surface area contributed by atoms with Crippen molar-refractivity contribution < 1.29 is 14.7 Å². The maximum absolute atomic E-state index is 13.4. The largest absolute Gasteiger partial charge is 0.508 e. The second kappa shape index (κ2) is 9.92. The highest BCUT2D eigenvalue weighted by Gasteiger charge is 2.34. The molecule has 3 aromatic carbocycles. The van der Waals surface area contributed by atoms with Gasteiger partial charge in [-0.15, -0.1) is 0 Å². The van der Waals surface area contributed by atoms with Crippen LogP contribution >= 0.6 is 0 Å². The van der Waals surface area contributed by atoms with E-state index in [0.717, 1.165) is 11.1 Å². The SMILES string of the molecule is CC(C)(C)[C@H](NC(=O)c1nn(Cc2ccc(C#N)cc2)c2ccccc12)C(=O)Nc1cccc(O)c1. The number of aromatic nitrogens is 2. The first kappa shape index (κ1) is 24.5. The fourth-order valence-corrected chi connectivity index (χ4v) is 3.95. The van der Waals surface area contributed by atoms with Crippen molar-refractivity contribution in [1.82, 2.24) is 15.1 Å². The molecule has 1 heterocycles. The van der Waals surface area contributed by atoms with Gasteiger partial charge in [0.05, 0.1) is 23.7 Å². The molecular weight excluding hydrogens is 454 g/mol. The molecule has 4 aromatic rings. The van der Waals surface area contributed by atoms with E-state index in [4.69, 9.17) is 5.26 Å². The summed E-state index contributed by atoms with van der Waals surface area (Å²) in [4.78, 5) is 26.6. The number of aromatic hydroxyl groups is 1. The van der Waals surface area contributed by atoms with Crippen molar-refractivity contribution in [1.29, 1.82) is 5.26 Å². The van der Waals surface area contributed by atoms with E-state index >= 15 is 0 Å². The van der Waals surface area contributed by atoms with Gasteiger partial charge in [-0.3, -0.25) is 14.3 Å². The number of fused-ring (bicyclic) bond motifs is 1. The number of nitriles is 1. The second-order valence-electron chi connectivity index (χ2n) is 9.64. The van der Waals surface area contributed by atoms with Crippen molar-refractivity contribution in [2.45, 2.75) is 33.4 Å². The lowest BCUT2D eigenvalue weighted by atomic mass is 9.86. The number of nitrogens with zero attached hydrogens (tertiary/aromatic N) is 3. The van der Waals surface area contributed by atoms with Crippen molar-refractivity contribution in [3.8, 4) is 11.8 Å². The summed E-state index contributed by atoms with van der Waals surface area (Å²) in [6.45, 7) is 6.00. The molecule has 0 aliphatic carbocycles. The molecule has 0 saturated carbocycles. The number of phenols is 1. The van der Waals surface area contributed by atoms with E-state index in [-0.39, 0.29) is 11.4 Å². The van der Waals surface area contributed by atoms with Gasteiger partial charge >= 0.3 is 0 Å². The van der Waals surface area contributed by atoms with Crippen molar-refractivity contribution in [3.63, 3.8) is 0 Å². The number of rotatable bonds is 6. The Labute approximate surface area is 209 Å². The van der Waals surface area contributed by atoms with Gasteiger partial charge in [-0.25, -0.2) is 0 Å². The molecule has 8 nitrogen and oxygen atoms in total. The number of carbonyl (C=O) groups is 2. The summed E-state index contributed by atoms with van der Waals surface area (Å²) in [5, 5.41) is 29.6. The first-order valence-electron chi connectivity index (χ1n) is 11.5. The molecule has 182 valence electrons. The van der Waals surface area contributed by atoms with E-state index in [9.17, 15) is 14.7 Å². The zero-order chi connectivity index (χ0) is 25.9. The Hall–Kier alpha value is -4.64. The number of nitrogens with one attached hydrogen (secondary N) is 2. The van der Waals surface area contributed by atoms with Gasteiger partial charge in [0.1, 0.15) is 11.8 Å². The topological polar surface area (TPSA) is 120 Å². The molecule has 0 unspecified atom stereocenters. The number of para-hydroxylation sites is 1. The average Bonchev–Trinajstić information content (AvgIpc) is 3.20. The van der Waals surface area contributed by atoms with Crippen LogP contribution in [0.5, 0.6) is 5.75 Å². The molecule has 0 bridgehead atoms. The number of phenolic OH excluding ortho intramolecular Hbond substituents is 1. The van der Waals surface area contributed by atoms with Crippen LogP contribution in [0.15, 0.2) is 72.8 Å². The second-order valence-corrected chi connectivity index (χ2v) is 9.64. The molecule has 0 radical (unpaired) electrons. The van der Waals surface area contributed by atoms with Crippen molar-refractivity contribution >= 4 is 28.4 Å². The van der Waals surface area contributed by atoms with Gasteiger partial charge in [-0.1, -0.05) is 57.2 Å². The Morgan fingerprint density at radius 3 is 2.44 bits per heavy atom.